The van der Waals surface area contributed by atoms with Gasteiger partial charge < -0.3 is 14.9 Å². The molecule has 20 heavy (non-hydrogen) atoms. The van der Waals surface area contributed by atoms with Crippen LogP contribution in [0, 0.1) is 6.92 Å². The Morgan fingerprint density at radius 3 is 2.35 bits per heavy atom. The van der Waals surface area contributed by atoms with Gasteiger partial charge in [0.2, 0.25) is 10.0 Å². The van der Waals surface area contributed by atoms with Crippen LogP contribution in [0.1, 0.15) is 18.9 Å². The number of hydrogen-bond donors (Lipinski definition) is 3. The van der Waals surface area contributed by atoms with E-state index in [1.165, 1.54) is 13.2 Å². The van der Waals surface area contributed by atoms with Gasteiger partial charge in [0, 0.05) is 0 Å². The summed E-state index contributed by atoms with van der Waals surface area (Å²) in [4.78, 5) is -0.0141. The Balaban J connectivity index is 3.27. The maximum atomic E-state index is 12.4. The molecule has 0 amide bonds. The lowest BCUT2D eigenvalue weighted by Crippen LogP contribution is -2.53. The van der Waals surface area contributed by atoms with Crippen molar-refractivity contribution in [3.05, 3.63) is 23.8 Å². The topological polar surface area (TPSA) is 95.9 Å². The van der Waals surface area contributed by atoms with Crippen LogP contribution >= 0.6 is 0 Å². The molecule has 0 aliphatic heterocycles. The van der Waals surface area contributed by atoms with E-state index in [0.29, 0.717) is 0 Å². The molecule has 0 spiro atoms. The molecule has 0 bridgehead atoms. The van der Waals surface area contributed by atoms with E-state index in [0.717, 1.165) is 5.56 Å². The number of hydrogen-bond acceptors (Lipinski definition) is 5. The second-order valence-electron chi connectivity index (χ2n) is 4.71. The van der Waals surface area contributed by atoms with Gasteiger partial charge in [0.05, 0.1) is 25.9 Å². The Kier molecular flexibility index (Phi) is 5.52. The Morgan fingerprint density at radius 2 is 1.90 bits per heavy atom. The summed E-state index contributed by atoms with van der Waals surface area (Å²) in [5.41, 5.74) is -0.519. The molecule has 114 valence electrons. The molecular weight excluding hydrogens is 282 g/mol. The van der Waals surface area contributed by atoms with Gasteiger partial charge in [0.1, 0.15) is 10.6 Å². The van der Waals surface area contributed by atoms with Gasteiger partial charge in [-0.15, -0.1) is 0 Å². The van der Waals surface area contributed by atoms with E-state index in [9.17, 15) is 18.6 Å². The summed E-state index contributed by atoms with van der Waals surface area (Å²) in [5, 5.41) is 18.7. The summed E-state index contributed by atoms with van der Waals surface area (Å²) in [5.74, 6) is 0.212. The molecule has 0 saturated carbocycles. The van der Waals surface area contributed by atoms with Gasteiger partial charge >= 0.3 is 0 Å². The normalized spacial score (nSPS) is 12.4. The fraction of sp³-hybridized carbons (Fsp3) is 0.538. The van der Waals surface area contributed by atoms with Crippen molar-refractivity contribution in [3.8, 4) is 5.75 Å². The third kappa shape index (κ3) is 3.49. The molecule has 0 radical (unpaired) electrons. The monoisotopic (exact) mass is 303 g/mol. The van der Waals surface area contributed by atoms with Crippen molar-refractivity contribution in [2.75, 3.05) is 20.3 Å². The van der Waals surface area contributed by atoms with Crippen LogP contribution in [0.25, 0.3) is 0 Å². The molecule has 3 N–H and O–H groups in total. The SMILES string of the molecule is CCC(CO)(CO)NS(=O)(=O)c1cc(C)ccc1OC. The number of nitrogens with one attached hydrogen (secondary N) is 1. The van der Waals surface area contributed by atoms with Crippen LogP contribution in [-0.2, 0) is 10.0 Å². The third-order valence-corrected chi connectivity index (χ3v) is 4.84. The lowest BCUT2D eigenvalue weighted by Gasteiger charge is -2.29. The lowest BCUT2D eigenvalue weighted by atomic mass is 10.0. The number of rotatable bonds is 7. The van der Waals surface area contributed by atoms with Crippen molar-refractivity contribution in [2.45, 2.75) is 30.7 Å². The highest BCUT2D eigenvalue weighted by atomic mass is 32.2. The zero-order valence-electron chi connectivity index (χ0n) is 11.9. The quantitative estimate of drug-likeness (QED) is 0.678. The van der Waals surface area contributed by atoms with Crippen LogP contribution in [-0.4, -0.2) is 44.5 Å². The van der Waals surface area contributed by atoms with E-state index >= 15 is 0 Å². The summed E-state index contributed by atoms with van der Waals surface area (Å²) in [6, 6.07) is 4.79. The molecule has 1 aromatic carbocycles. The van der Waals surface area contributed by atoms with Crippen LogP contribution in [0.15, 0.2) is 23.1 Å². The standard InChI is InChI=1S/C13H21NO5S/c1-4-13(8-15,9-16)14-20(17,18)12-7-10(2)5-6-11(12)19-3/h5-7,14-16H,4,8-9H2,1-3H3. The van der Waals surface area contributed by atoms with Crippen molar-refractivity contribution in [1.82, 2.24) is 4.72 Å². The summed E-state index contributed by atoms with van der Waals surface area (Å²) in [6.07, 6.45) is 0.257. The van der Waals surface area contributed by atoms with Gasteiger partial charge in [0.25, 0.3) is 0 Å². The molecule has 0 heterocycles. The van der Waals surface area contributed by atoms with Crippen molar-refractivity contribution in [1.29, 1.82) is 0 Å². The molecule has 6 nitrogen and oxygen atoms in total. The maximum absolute atomic E-state index is 12.4. The maximum Gasteiger partial charge on any atom is 0.244 e. The van der Waals surface area contributed by atoms with E-state index < -0.39 is 28.8 Å². The van der Waals surface area contributed by atoms with Crippen LogP contribution in [0.2, 0.25) is 0 Å². The lowest BCUT2D eigenvalue weighted by molar-refractivity contribution is 0.105. The van der Waals surface area contributed by atoms with Gasteiger partial charge in [-0.25, -0.2) is 13.1 Å². The van der Waals surface area contributed by atoms with Crippen molar-refractivity contribution in [2.24, 2.45) is 0 Å². The predicted octanol–water partition coefficient (Wildman–Crippen LogP) is 0.415. The molecule has 0 atom stereocenters. The van der Waals surface area contributed by atoms with Gasteiger partial charge in [-0.05, 0) is 31.0 Å². The molecule has 7 heteroatoms. The molecular formula is C13H21NO5S. The number of aliphatic hydroxyl groups excluding tert-OH is 2. The third-order valence-electron chi connectivity index (χ3n) is 3.24. The Hall–Kier alpha value is -1.15. The molecule has 0 aromatic heterocycles. The largest absolute Gasteiger partial charge is 0.495 e. The highest BCUT2D eigenvalue weighted by Gasteiger charge is 2.34. The smallest absolute Gasteiger partial charge is 0.244 e. The second-order valence-corrected chi connectivity index (χ2v) is 6.36. The van der Waals surface area contributed by atoms with Gasteiger partial charge in [-0.1, -0.05) is 13.0 Å². The molecule has 1 aromatic rings. The minimum atomic E-state index is -3.91. The number of sulfonamides is 1. The average Bonchev–Trinajstić information content (AvgIpc) is 2.45. The van der Waals surface area contributed by atoms with Gasteiger partial charge in [0.15, 0.2) is 0 Å². The summed E-state index contributed by atoms with van der Waals surface area (Å²) in [6.45, 7) is 2.47. The van der Waals surface area contributed by atoms with Gasteiger partial charge in [-0.3, -0.25) is 0 Å². The first-order chi connectivity index (χ1) is 9.34. The highest BCUT2D eigenvalue weighted by molar-refractivity contribution is 7.89. The summed E-state index contributed by atoms with van der Waals surface area (Å²) in [7, 11) is -2.53. The molecule has 0 saturated heterocycles. The highest BCUT2D eigenvalue weighted by Crippen LogP contribution is 2.26. The number of aryl methyl sites for hydroxylation is 1. The number of ether oxygens (including phenoxy) is 1. The van der Waals surface area contributed by atoms with Crippen molar-refractivity contribution < 1.29 is 23.4 Å². The fourth-order valence-corrected chi connectivity index (χ4v) is 3.45. The zero-order valence-corrected chi connectivity index (χ0v) is 12.7. The van der Waals surface area contributed by atoms with Crippen LogP contribution < -0.4 is 9.46 Å². The van der Waals surface area contributed by atoms with E-state index in [1.807, 2.05) is 0 Å². The number of benzene rings is 1. The Bertz CT molecular complexity index is 544. The van der Waals surface area contributed by atoms with E-state index in [1.54, 1.807) is 26.0 Å². The minimum absolute atomic E-state index is 0.0141. The first kappa shape index (κ1) is 16.9. The second kappa shape index (κ2) is 6.53. The predicted molar refractivity (Wildman–Crippen MR) is 75.2 cm³/mol. The molecule has 0 aliphatic carbocycles. The van der Waals surface area contributed by atoms with E-state index in [2.05, 4.69) is 4.72 Å². The van der Waals surface area contributed by atoms with E-state index in [-0.39, 0.29) is 17.1 Å². The number of aliphatic hydroxyl groups is 2. The molecule has 1 rings (SSSR count). The average molecular weight is 303 g/mol. The van der Waals surface area contributed by atoms with Crippen molar-refractivity contribution in [3.63, 3.8) is 0 Å². The molecule has 0 unspecified atom stereocenters. The van der Waals surface area contributed by atoms with Crippen LogP contribution in [0.5, 0.6) is 5.75 Å². The van der Waals surface area contributed by atoms with Crippen molar-refractivity contribution >= 4 is 10.0 Å². The molecule has 0 aliphatic rings. The minimum Gasteiger partial charge on any atom is -0.495 e. The zero-order chi connectivity index (χ0) is 15.4. The number of methoxy groups -OCH3 is 1. The van der Waals surface area contributed by atoms with Gasteiger partial charge in [-0.2, -0.15) is 0 Å². The summed E-state index contributed by atoms with van der Waals surface area (Å²) >= 11 is 0. The Morgan fingerprint density at radius 1 is 1.30 bits per heavy atom. The summed E-state index contributed by atoms with van der Waals surface area (Å²) < 4.78 is 32.3. The Labute approximate surface area is 119 Å². The van der Waals surface area contributed by atoms with Crippen LogP contribution in [0.3, 0.4) is 0 Å². The van der Waals surface area contributed by atoms with Crippen LogP contribution in [0.4, 0.5) is 0 Å². The fourth-order valence-electron chi connectivity index (χ4n) is 1.74. The first-order valence-electron chi connectivity index (χ1n) is 6.24. The first-order valence-corrected chi connectivity index (χ1v) is 7.73. The van der Waals surface area contributed by atoms with E-state index in [4.69, 9.17) is 4.74 Å². The molecule has 0 fully saturated rings.